The minimum absolute atomic E-state index is 0.0230. The van der Waals surface area contributed by atoms with Crippen molar-refractivity contribution in [2.45, 2.75) is 13.1 Å². The molecule has 1 heterocycles. The van der Waals surface area contributed by atoms with Gasteiger partial charge in [-0.25, -0.2) is 0 Å². The highest BCUT2D eigenvalue weighted by molar-refractivity contribution is 5.52. The second kappa shape index (κ2) is 6.41. The summed E-state index contributed by atoms with van der Waals surface area (Å²) in [6, 6.07) is 1.36. The van der Waals surface area contributed by atoms with Gasteiger partial charge in [-0.1, -0.05) is 0 Å². The Kier molecular flexibility index (Phi) is 5.16. The molecular weight excluding hydrogens is 263 g/mol. The van der Waals surface area contributed by atoms with E-state index in [1.807, 2.05) is 6.92 Å². The monoisotopic (exact) mass is 279 g/mol. The molecule has 0 unspecified atom stereocenters. The molecule has 1 aromatic rings. The third kappa shape index (κ3) is 5.16. The van der Waals surface area contributed by atoms with Crippen LogP contribution in [0.3, 0.4) is 0 Å². The zero-order chi connectivity index (χ0) is 14.5. The largest absolute Gasteiger partial charge is 0.405 e. The maximum Gasteiger partial charge on any atom is 0.405 e. The molecule has 19 heavy (non-hydrogen) atoms. The third-order valence-electron chi connectivity index (χ3n) is 2.15. The van der Waals surface area contributed by atoms with Crippen LogP contribution in [0.25, 0.3) is 0 Å². The Bertz CT molecular complexity index is 413. The van der Waals surface area contributed by atoms with E-state index in [0.29, 0.717) is 12.4 Å². The average Bonchev–Trinajstić information content (AvgIpc) is 2.26. The summed E-state index contributed by atoms with van der Waals surface area (Å²) in [5, 5.41) is 11.7. The molecule has 0 amide bonds. The number of halogens is 3. The molecule has 9 heteroatoms. The summed E-state index contributed by atoms with van der Waals surface area (Å²) in [4.78, 5) is 8.51. The standard InChI is InChI=1S/C10H16F3N5O/c1-2-15-7-5-8(17-9(14)16-7)18(3-4-19)6-10(11,12)13/h5,19H,2-4,6H2,1H3,(H3,14,15,16,17). The first-order valence-electron chi connectivity index (χ1n) is 5.66. The lowest BCUT2D eigenvalue weighted by molar-refractivity contribution is -0.120. The van der Waals surface area contributed by atoms with Crippen LogP contribution in [0.4, 0.5) is 30.8 Å². The maximum atomic E-state index is 12.5. The molecule has 108 valence electrons. The topological polar surface area (TPSA) is 87.3 Å². The number of aliphatic hydroxyl groups excluding tert-OH is 1. The summed E-state index contributed by atoms with van der Waals surface area (Å²) in [5.41, 5.74) is 5.45. The number of anilines is 3. The molecule has 0 saturated carbocycles. The second-order valence-electron chi connectivity index (χ2n) is 3.76. The molecule has 6 nitrogen and oxygen atoms in total. The van der Waals surface area contributed by atoms with Gasteiger partial charge in [0, 0.05) is 19.2 Å². The molecule has 1 aromatic heterocycles. The SMILES string of the molecule is CCNc1cc(N(CCO)CC(F)(F)F)nc(N)n1. The van der Waals surface area contributed by atoms with Gasteiger partial charge in [0.2, 0.25) is 5.95 Å². The number of nitrogen functional groups attached to an aromatic ring is 1. The van der Waals surface area contributed by atoms with Crippen molar-refractivity contribution in [1.82, 2.24) is 9.97 Å². The fourth-order valence-electron chi connectivity index (χ4n) is 1.50. The van der Waals surface area contributed by atoms with Crippen molar-refractivity contribution < 1.29 is 18.3 Å². The molecule has 0 aliphatic carbocycles. The van der Waals surface area contributed by atoms with Crippen molar-refractivity contribution in [3.8, 4) is 0 Å². The van der Waals surface area contributed by atoms with Crippen LogP contribution in [0.15, 0.2) is 6.07 Å². The minimum Gasteiger partial charge on any atom is -0.395 e. The number of alkyl halides is 3. The molecule has 0 saturated heterocycles. The van der Waals surface area contributed by atoms with E-state index in [1.165, 1.54) is 6.07 Å². The van der Waals surface area contributed by atoms with Gasteiger partial charge in [0.05, 0.1) is 6.61 Å². The number of hydrogen-bond acceptors (Lipinski definition) is 6. The fraction of sp³-hybridized carbons (Fsp3) is 0.600. The lowest BCUT2D eigenvalue weighted by Crippen LogP contribution is -2.37. The molecular formula is C10H16F3N5O. The molecule has 0 aliphatic heterocycles. The highest BCUT2D eigenvalue weighted by Crippen LogP contribution is 2.22. The van der Waals surface area contributed by atoms with Gasteiger partial charge < -0.3 is 21.1 Å². The number of nitrogens with zero attached hydrogens (tertiary/aromatic N) is 3. The van der Waals surface area contributed by atoms with E-state index in [-0.39, 0.29) is 18.3 Å². The quantitative estimate of drug-likeness (QED) is 0.715. The smallest absolute Gasteiger partial charge is 0.395 e. The Morgan fingerprint density at radius 1 is 1.42 bits per heavy atom. The Labute approximate surface area is 108 Å². The van der Waals surface area contributed by atoms with Crippen LogP contribution in [-0.2, 0) is 0 Å². The molecule has 0 atom stereocenters. The van der Waals surface area contributed by atoms with Crippen LogP contribution in [0.1, 0.15) is 6.92 Å². The Morgan fingerprint density at radius 3 is 2.63 bits per heavy atom. The summed E-state index contributed by atoms with van der Waals surface area (Å²) < 4.78 is 37.4. The molecule has 0 bridgehead atoms. The van der Waals surface area contributed by atoms with Crippen molar-refractivity contribution in [1.29, 1.82) is 0 Å². The summed E-state index contributed by atoms with van der Waals surface area (Å²) in [6.07, 6.45) is -4.40. The molecule has 0 spiro atoms. The second-order valence-corrected chi connectivity index (χ2v) is 3.76. The average molecular weight is 279 g/mol. The van der Waals surface area contributed by atoms with Crippen molar-refractivity contribution in [2.24, 2.45) is 0 Å². The number of hydrogen-bond donors (Lipinski definition) is 3. The van der Waals surface area contributed by atoms with Crippen LogP contribution >= 0.6 is 0 Å². The van der Waals surface area contributed by atoms with Crippen LogP contribution < -0.4 is 16.0 Å². The molecule has 4 N–H and O–H groups in total. The summed E-state index contributed by atoms with van der Waals surface area (Å²) in [6.45, 7) is 0.544. The lowest BCUT2D eigenvalue weighted by atomic mass is 10.4. The van der Waals surface area contributed by atoms with Crippen molar-refractivity contribution in [3.63, 3.8) is 0 Å². The highest BCUT2D eigenvalue weighted by Gasteiger charge is 2.31. The molecule has 0 aromatic carbocycles. The normalized spacial score (nSPS) is 11.4. The van der Waals surface area contributed by atoms with Crippen molar-refractivity contribution >= 4 is 17.6 Å². The lowest BCUT2D eigenvalue weighted by Gasteiger charge is -2.24. The zero-order valence-electron chi connectivity index (χ0n) is 10.4. The predicted octanol–water partition coefficient (Wildman–Crippen LogP) is 0.852. The van der Waals surface area contributed by atoms with Gasteiger partial charge in [0.15, 0.2) is 0 Å². The predicted molar refractivity (Wildman–Crippen MR) is 66.0 cm³/mol. The first-order chi connectivity index (χ1) is 8.85. The van der Waals surface area contributed by atoms with Crippen molar-refractivity contribution in [3.05, 3.63) is 6.07 Å². The number of aromatic nitrogens is 2. The number of nitrogens with one attached hydrogen (secondary N) is 1. The summed E-state index contributed by atoms with van der Waals surface area (Å²) >= 11 is 0. The van der Waals surface area contributed by atoms with E-state index in [2.05, 4.69) is 15.3 Å². The Hall–Kier alpha value is -1.77. The first kappa shape index (κ1) is 15.3. The Balaban J connectivity index is 3.00. The van der Waals surface area contributed by atoms with E-state index < -0.39 is 19.3 Å². The van der Waals surface area contributed by atoms with Crippen LogP contribution in [0, 0.1) is 0 Å². The van der Waals surface area contributed by atoms with E-state index in [4.69, 9.17) is 10.8 Å². The van der Waals surface area contributed by atoms with Gasteiger partial charge >= 0.3 is 6.18 Å². The van der Waals surface area contributed by atoms with Gasteiger partial charge in [0.1, 0.15) is 18.2 Å². The third-order valence-corrected chi connectivity index (χ3v) is 2.15. The van der Waals surface area contributed by atoms with Crippen LogP contribution in [-0.4, -0.2) is 47.5 Å². The van der Waals surface area contributed by atoms with Gasteiger partial charge in [-0.15, -0.1) is 0 Å². The molecule has 1 rings (SSSR count). The molecule has 0 aliphatic rings. The van der Waals surface area contributed by atoms with E-state index in [1.54, 1.807) is 0 Å². The maximum absolute atomic E-state index is 12.5. The van der Waals surface area contributed by atoms with E-state index in [9.17, 15) is 13.2 Å². The van der Waals surface area contributed by atoms with Crippen molar-refractivity contribution in [2.75, 3.05) is 42.2 Å². The molecule has 0 fully saturated rings. The molecule has 0 radical (unpaired) electrons. The van der Waals surface area contributed by atoms with E-state index in [0.717, 1.165) is 4.90 Å². The fourth-order valence-corrected chi connectivity index (χ4v) is 1.50. The van der Waals surface area contributed by atoms with E-state index >= 15 is 0 Å². The summed E-state index contributed by atoms with van der Waals surface area (Å²) in [7, 11) is 0. The van der Waals surface area contributed by atoms with Gasteiger partial charge in [0.25, 0.3) is 0 Å². The highest BCUT2D eigenvalue weighted by atomic mass is 19.4. The minimum atomic E-state index is -4.40. The number of aliphatic hydroxyl groups is 1. The van der Waals surface area contributed by atoms with Gasteiger partial charge in [-0.3, -0.25) is 0 Å². The number of nitrogens with two attached hydrogens (primary N) is 1. The zero-order valence-corrected chi connectivity index (χ0v) is 10.4. The van der Waals surface area contributed by atoms with Crippen LogP contribution in [0.5, 0.6) is 0 Å². The number of rotatable bonds is 6. The summed E-state index contributed by atoms with van der Waals surface area (Å²) in [5.74, 6) is 0.239. The van der Waals surface area contributed by atoms with Crippen LogP contribution in [0.2, 0.25) is 0 Å². The van der Waals surface area contributed by atoms with Gasteiger partial charge in [-0.2, -0.15) is 23.1 Å². The van der Waals surface area contributed by atoms with Gasteiger partial charge in [-0.05, 0) is 6.92 Å². The Morgan fingerprint density at radius 2 is 2.11 bits per heavy atom. The first-order valence-corrected chi connectivity index (χ1v) is 5.66.